The van der Waals surface area contributed by atoms with Crippen molar-refractivity contribution in [3.05, 3.63) is 35.1 Å². The molecule has 0 aliphatic carbocycles. The maximum absolute atomic E-state index is 13.8. The minimum absolute atomic E-state index is 0.0511. The van der Waals surface area contributed by atoms with E-state index in [4.69, 9.17) is 9.90 Å². The van der Waals surface area contributed by atoms with Crippen LogP contribution in [0.1, 0.15) is 25.3 Å². The summed E-state index contributed by atoms with van der Waals surface area (Å²) < 4.78 is 40.2. The van der Waals surface area contributed by atoms with E-state index in [1.807, 2.05) is 0 Å². The van der Waals surface area contributed by atoms with Crippen molar-refractivity contribution in [3.8, 4) is 0 Å². The Labute approximate surface area is 179 Å². The third kappa shape index (κ3) is 7.19. The number of carboxylic acids is 1. The van der Waals surface area contributed by atoms with Crippen LogP contribution in [0, 0.1) is 29.3 Å². The lowest BCUT2D eigenvalue weighted by Gasteiger charge is -2.32. The fourth-order valence-corrected chi connectivity index (χ4v) is 3.97. The van der Waals surface area contributed by atoms with Gasteiger partial charge in [0, 0.05) is 57.7 Å². The molecule has 2 heterocycles. The van der Waals surface area contributed by atoms with Crippen molar-refractivity contribution in [1.82, 2.24) is 9.80 Å². The number of carbonyl (C=O) groups is 2. The quantitative estimate of drug-likeness (QED) is 0.589. The van der Waals surface area contributed by atoms with Crippen LogP contribution in [0.25, 0.3) is 0 Å². The highest BCUT2D eigenvalue weighted by Gasteiger charge is 2.36. The summed E-state index contributed by atoms with van der Waals surface area (Å²) in [6.07, 6.45) is 0.829. The first kappa shape index (κ1) is 25.1. The highest BCUT2D eigenvalue weighted by atomic mass is 19.2. The molecule has 31 heavy (non-hydrogen) atoms. The standard InChI is InChI=1S/C19H25F3N2O3.C2H4O2/c20-16-2-1-12(18(21)19(16)22)7-17(27)24-9-13(14(10-24)11-25)8-23-5-3-15(26)4-6-23;1-2(3)4/h1-2,13-15,25-26H,3-11H2;1H3,(H,3,4)/t13-,14-;/m1./s1. The summed E-state index contributed by atoms with van der Waals surface area (Å²) in [5.74, 6) is -5.36. The molecule has 0 unspecified atom stereocenters. The zero-order chi connectivity index (χ0) is 23.1. The van der Waals surface area contributed by atoms with Gasteiger partial charge in [-0.1, -0.05) is 6.07 Å². The number of nitrogens with zero attached hydrogens (tertiary/aromatic N) is 2. The number of benzene rings is 1. The molecule has 3 N–H and O–H groups in total. The first-order chi connectivity index (χ1) is 14.6. The smallest absolute Gasteiger partial charge is 0.300 e. The Morgan fingerprint density at radius 2 is 1.65 bits per heavy atom. The number of rotatable bonds is 5. The Bertz CT molecular complexity index is 768. The number of carboxylic acid groups (broad SMARTS) is 1. The molecule has 0 radical (unpaired) electrons. The second-order valence-electron chi connectivity index (χ2n) is 8.06. The molecule has 0 spiro atoms. The van der Waals surface area contributed by atoms with Crippen molar-refractivity contribution in [1.29, 1.82) is 0 Å². The van der Waals surface area contributed by atoms with Crippen molar-refractivity contribution >= 4 is 11.9 Å². The predicted octanol–water partition coefficient (Wildman–Crippen LogP) is 1.26. The molecule has 2 atom stereocenters. The van der Waals surface area contributed by atoms with Crippen LogP contribution in [0.15, 0.2) is 12.1 Å². The van der Waals surface area contributed by atoms with Crippen LogP contribution < -0.4 is 0 Å². The number of amides is 1. The lowest BCUT2D eigenvalue weighted by Crippen LogP contribution is -2.41. The van der Waals surface area contributed by atoms with Gasteiger partial charge in [0.15, 0.2) is 17.5 Å². The molecule has 0 saturated carbocycles. The van der Waals surface area contributed by atoms with E-state index in [0.717, 1.165) is 38.7 Å². The number of aliphatic carboxylic acids is 1. The average molecular weight is 446 g/mol. The molecule has 2 fully saturated rings. The summed E-state index contributed by atoms with van der Waals surface area (Å²) in [5, 5.41) is 26.7. The summed E-state index contributed by atoms with van der Waals surface area (Å²) in [6, 6.07) is 1.90. The maximum atomic E-state index is 13.8. The highest BCUT2D eigenvalue weighted by molar-refractivity contribution is 5.79. The number of piperidine rings is 1. The minimum atomic E-state index is -1.57. The molecule has 0 bridgehead atoms. The van der Waals surface area contributed by atoms with Crippen molar-refractivity contribution in [3.63, 3.8) is 0 Å². The fraction of sp³-hybridized carbons (Fsp3) is 0.619. The third-order valence-electron chi connectivity index (χ3n) is 5.67. The molecular formula is C21H29F3N2O5. The van der Waals surface area contributed by atoms with Crippen LogP contribution >= 0.6 is 0 Å². The molecule has 3 rings (SSSR count). The highest BCUT2D eigenvalue weighted by Crippen LogP contribution is 2.26. The monoisotopic (exact) mass is 446 g/mol. The van der Waals surface area contributed by atoms with Gasteiger partial charge in [-0.15, -0.1) is 0 Å². The number of likely N-dealkylation sites (tertiary alicyclic amines) is 2. The van der Waals surface area contributed by atoms with Gasteiger partial charge in [0.25, 0.3) is 5.97 Å². The molecule has 2 saturated heterocycles. The number of aliphatic hydroxyl groups excluding tert-OH is 2. The lowest BCUT2D eigenvalue weighted by molar-refractivity contribution is -0.134. The molecule has 1 aromatic rings. The van der Waals surface area contributed by atoms with Gasteiger partial charge in [-0.3, -0.25) is 9.59 Å². The van der Waals surface area contributed by atoms with E-state index in [1.54, 1.807) is 4.90 Å². The summed E-state index contributed by atoms with van der Waals surface area (Å²) in [6.45, 7) is 4.12. The zero-order valence-corrected chi connectivity index (χ0v) is 17.4. The van der Waals surface area contributed by atoms with Gasteiger partial charge in [0.1, 0.15) is 0 Å². The third-order valence-corrected chi connectivity index (χ3v) is 5.67. The molecule has 0 aromatic heterocycles. The number of carbonyl (C=O) groups excluding carboxylic acids is 1. The molecule has 174 valence electrons. The largest absolute Gasteiger partial charge is 0.481 e. The summed E-state index contributed by atoms with van der Waals surface area (Å²) in [4.78, 5) is 25.3. The van der Waals surface area contributed by atoms with Crippen LogP contribution in [-0.2, 0) is 16.0 Å². The number of halogens is 3. The number of aliphatic hydroxyl groups is 2. The van der Waals surface area contributed by atoms with E-state index >= 15 is 0 Å². The van der Waals surface area contributed by atoms with Crippen molar-refractivity contribution in [2.24, 2.45) is 11.8 Å². The Hall–Kier alpha value is -2.17. The first-order valence-corrected chi connectivity index (χ1v) is 10.2. The van der Waals surface area contributed by atoms with Gasteiger partial charge in [-0.05, 0) is 24.8 Å². The molecule has 1 aromatic carbocycles. The van der Waals surface area contributed by atoms with Crippen molar-refractivity contribution < 1.29 is 38.1 Å². The first-order valence-electron chi connectivity index (χ1n) is 10.2. The van der Waals surface area contributed by atoms with Crippen LogP contribution in [0.2, 0.25) is 0 Å². The van der Waals surface area contributed by atoms with Gasteiger partial charge < -0.3 is 25.1 Å². The number of hydrogen-bond acceptors (Lipinski definition) is 5. The topological polar surface area (TPSA) is 101 Å². The van der Waals surface area contributed by atoms with Gasteiger partial charge in [-0.2, -0.15) is 0 Å². The van der Waals surface area contributed by atoms with Gasteiger partial charge in [-0.25, -0.2) is 13.2 Å². The fourth-order valence-electron chi connectivity index (χ4n) is 3.97. The zero-order valence-electron chi connectivity index (χ0n) is 17.4. The number of hydrogen-bond donors (Lipinski definition) is 3. The Morgan fingerprint density at radius 1 is 1.06 bits per heavy atom. The van der Waals surface area contributed by atoms with Gasteiger partial charge >= 0.3 is 0 Å². The SMILES string of the molecule is CC(=O)O.O=C(Cc1ccc(F)c(F)c1F)N1C[C@@H](CN2CCC(O)CC2)[C@@H](CO)C1. The molecule has 1 amide bonds. The van der Waals surface area contributed by atoms with Gasteiger partial charge in [0.05, 0.1) is 12.5 Å². The lowest BCUT2D eigenvalue weighted by atomic mass is 9.95. The van der Waals surface area contributed by atoms with E-state index in [2.05, 4.69) is 4.90 Å². The second-order valence-corrected chi connectivity index (χ2v) is 8.06. The molecular weight excluding hydrogens is 417 g/mol. The van der Waals surface area contributed by atoms with E-state index < -0.39 is 23.4 Å². The minimum Gasteiger partial charge on any atom is -0.481 e. The van der Waals surface area contributed by atoms with E-state index in [9.17, 15) is 28.2 Å². The second kappa shape index (κ2) is 11.4. The molecule has 10 heteroatoms. The average Bonchev–Trinajstić information content (AvgIpc) is 3.12. The van der Waals surface area contributed by atoms with E-state index in [-0.39, 0.29) is 42.4 Å². The molecule has 7 nitrogen and oxygen atoms in total. The van der Waals surface area contributed by atoms with E-state index in [1.165, 1.54) is 0 Å². The Morgan fingerprint density at radius 3 is 2.23 bits per heavy atom. The molecule has 2 aliphatic rings. The van der Waals surface area contributed by atoms with Gasteiger partial charge in [0.2, 0.25) is 5.91 Å². The summed E-state index contributed by atoms with van der Waals surface area (Å²) in [5.41, 5.74) is -0.173. The van der Waals surface area contributed by atoms with Crippen LogP contribution in [0.4, 0.5) is 13.2 Å². The Kier molecular flexibility index (Phi) is 9.27. The predicted molar refractivity (Wildman–Crippen MR) is 106 cm³/mol. The molecule has 2 aliphatic heterocycles. The van der Waals surface area contributed by atoms with E-state index in [0.29, 0.717) is 25.9 Å². The van der Waals surface area contributed by atoms with Crippen LogP contribution in [0.3, 0.4) is 0 Å². The van der Waals surface area contributed by atoms with Crippen LogP contribution in [-0.4, -0.2) is 82.4 Å². The summed E-state index contributed by atoms with van der Waals surface area (Å²) in [7, 11) is 0. The maximum Gasteiger partial charge on any atom is 0.300 e. The Balaban J connectivity index is 0.000000785. The summed E-state index contributed by atoms with van der Waals surface area (Å²) >= 11 is 0. The van der Waals surface area contributed by atoms with Crippen LogP contribution in [0.5, 0.6) is 0 Å². The normalized spacial score (nSPS) is 22.2. The van der Waals surface area contributed by atoms with Crippen molar-refractivity contribution in [2.45, 2.75) is 32.3 Å². The van der Waals surface area contributed by atoms with Crippen molar-refractivity contribution in [2.75, 3.05) is 39.3 Å².